The minimum Gasteiger partial charge on any atom is -0.494 e. The number of carbonyl (C=O) groups excluding carboxylic acids is 2. The second-order valence-corrected chi connectivity index (χ2v) is 6.29. The minimum absolute atomic E-state index is 0.0764. The normalized spacial score (nSPS) is 13.6. The van der Waals surface area contributed by atoms with E-state index >= 15 is 0 Å². The van der Waals surface area contributed by atoms with E-state index in [1.54, 1.807) is 35.2 Å². The second kappa shape index (κ2) is 8.53. The molecule has 1 aliphatic heterocycles. The molecule has 0 unspecified atom stereocenters. The first-order valence-electron chi connectivity index (χ1n) is 8.84. The van der Waals surface area contributed by atoms with Crippen LogP contribution in [0.5, 0.6) is 5.75 Å². The van der Waals surface area contributed by atoms with Crippen LogP contribution in [0.1, 0.15) is 18.4 Å². The zero-order valence-corrected chi connectivity index (χ0v) is 15.1. The lowest BCUT2D eigenvalue weighted by Crippen LogP contribution is -2.30. The van der Waals surface area contributed by atoms with Gasteiger partial charge in [0.05, 0.1) is 12.8 Å². The van der Waals surface area contributed by atoms with Crippen LogP contribution in [0, 0.1) is 5.82 Å². The first-order valence-corrected chi connectivity index (χ1v) is 8.84. The zero-order chi connectivity index (χ0) is 19.2. The van der Waals surface area contributed by atoms with Crippen LogP contribution in [-0.2, 0) is 11.2 Å². The minimum atomic E-state index is -0.343. The molecule has 27 heavy (non-hydrogen) atoms. The van der Waals surface area contributed by atoms with Gasteiger partial charge in [-0.05, 0) is 42.7 Å². The van der Waals surface area contributed by atoms with Gasteiger partial charge in [0, 0.05) is 31.3 Å². The summed E-state index contributed by atoms with van der Waals surface area (Å²) in [5, 5.41) is 5.51. The number of nitrogens with one attached hydrogen (secondary N) is 2. The Morgan fingerprint density at radius 3 is 2.67 bits per heavy atom. The predicted molar refractivity (Wildman–Crippen MR) is 102 cm³/mol. The van der Waals surface area contributed by atoms with E-state index in [1.165, 1.54) is 19.2 Å². The molecule has 3 amide bonds. The fourth-order valence-electron chi connectivity index (χ4n) is 3.03. The van der Waals surface area contributed by atoms with E-state index in [0.29, 0.717) is 43.1 Å². The van der Waals surface area contributed by atoms with Crippen LogP contribution in [0.4, 0.5) is 20.6 Å². The second-order valence-electron chi connectivity index (χ2n) is 6.29. The summed E-state index contributed by atoms with van der Waals surface area (Å²) in [5.41, 5.74) is 2.22. The summed E-state index contributed by atoms with van der Waals surface area (Å²) in [4.78, 5) is 25.7. The summed E-state index contributed by atoms with van der Waals surface area (Å²) >= 11 is 0. The summed E-state index contributed by atoms with van der Waals surface area (Å²) in [7, 11) is 1.53. The number of ether oxygens (including phenoxy) is 1. The number of benzene rings is 2. The summed E-state index contributed by atoms with van der Waals surface area (Å²) < 4.78 is 18.3. The van der Waals surface area contributed by atoms with E-state index in [1.807, 2.05) is 0 Å². The molecule has 2 N–H and O–H groups in total. The van der Waals surface area contributed by atoms with Gasteiger partial charge in [0.1, 0.15) is 11.6 Å². The van der Waals surface area contributed by atoms with Gasteiger partial charge in [-0.1, -0.05) is 12.1 Å². The maximum absolute atomic E-state index is 12.9. The van der Waals surface area contributed by atoms with Crippen LogP contribution in [0.15, 0.2) is 42.5 Å². The van der Waals surface area contributed by atoms with Crippen molar-refractivity contribution >= 4 is 23.3 Å². The molecule has 0 spiro atoms. The van der Waals surface area contributed by atoms with E-state index in [-0.39, 0.29) is 17.8 Å². The molecule has 0 aliphatic carbocycles. The Bertz CT molecular complexity index is 824. The molecule has 142 valence electrons. The van der Waals surface area contributed by atoms with E-state index in [9.17, 15) is 14.0 Å². The van der Waals surface area contributed by atoms with Crippen LogP contribution in [0.3, 0.4) is 0 Å². The van der Waals surface area contributed by atoms with Crippen LogP contribution >= 0.6 is 0 Å². The van der Waals surface area contributed by atoms with Crippen molar-refractivity contribution in [2.24, 2.45) is 0 Å². The van der Waals surface area contributed by atoms with Crippen molar-refractivity contribution < 1.29 is 18.7 Å². The lowest BCUT2D eigenvalue weighted by molar-refractivity contribution is -0.117. The number of hydrogen-bond acceptors (Lipinski definition) is 3. The summed E-state index contributed by atoms with van der Waals surface area (Å²) in [5.74, 6) is 0.333. The highest BCUT2D eigenvalue weighted by atomic mass is 19.1. The third-order valence-electron chi connectivity index (χ3n) is 4.41. The molecule has 1 saturated heterocycles. The van der Waals surface area contributed by atoms with E-state index in [2.05, 4.69) is 10.6 Å². The van der Waals surface area contributed by atoms with Crippen molar-refractivity contribution in [1.29, 1.82) is 0 Å². The van der Waals surface area contributed by atoms with Gasteiger partial charge in [0.2, 0.25) is 5.91 Å². The fraction of sp³-hybridized carbons (Fsp3) is 0.300. The van der Waals surface area contributed by atoms with Gasteiger partial charge in [-0.3, -0.25) is 4.79 Å². The lowest BCUT2D eigenvalue weighted by atomic mass is 10.1. The molecule has 3 rings (SSSR count). The Hall–Kier alpha value is -3.09. The van der Waals surface area contributed by atoms with Gasteiger partial charge in [-0.25, -0.2) is 9.18 Å². The summed E-state index contributed by atoms with van der Waals surface area (Å²) in [6.07, 6.45) is 1.98. The molecule has 6 nitrogen and oxygen atoms in total. The Morgan fingerprint density at radius 2 is 2.00 bits per heavy atom. The van der Waals surface area contributed by atoms with Gasteiger partial charge >= 0.3 is 6.03 Å². The third-order valence-corrected chi connectivity index (χ3v) is 4.41. The summed E-state index contributed by atoms with van der Waals surface area (Å²) in [6, 6.07) is 11.0. The highest BCUT2D eigenvalue weighted by molar-refractivity contribution is 5.97. The number of anilines is 2. The van der Waals surface area contributed by atoms with Crippen molar-refractivity contribution in [1.82, 2.24) is 5.32 Å². The molecule has 0 atom stereocenters. The fourth-order valence-corrected chi connectivity index (χ4v) is 3.03. The smallest absolute Gasteiger partial charge is 0.319 e. The van der Waals surface area contributed by atoms with Crippen molar-refractivity contribution in [2.45, 2.75) is 19.3 Å². The first-order chi connectivity index (χ1) is 13.1. The number of nitrogens with zero attached hydrogens (tertiary/aromatic N) is 1. The molecule has 7 heteroatoms. The van der Waals surface area contributed by atoms with Crippen molar-refractivity contribution in [3.63, 3.8) is 0 Å². The van der Waals surface area contributed by atoms with Gasteiger partial charge < -0.3 is 20.3 Å². The number of methoxy groups -OCH3 is 1. The molecule has 0 aromatic heterocycles. The van der Waals surface area contributed by atoms with Crippen LogP contribution < -0.4 is 20.3 Å². The molecule has 1 fully saturated rings. The topological polar surface area (TPSA) is 70.7 Å². The Morgan fingerprint density at radius 1 is 1.22 bits per heavy atom. The number of carbonyl (C=O) groups is 2. The molecular formula is C20H22FN3O3. The Labute approximate surface area is 157 Å². The Kier molecular flexibility index (Phi) is 5.90. The zero-order valence-electron chi connectivity index (χ0n) is 15.1. The maximum atomic E-state index is 12.9. The largest absolute Gasteiger partial charge is 0.494 e. The molecule has 0 bridgehead atoms. The van der Waals surface area contributed by atoms with Gasteiger partial charge in [-0.2, -0.15) is 0 Å². The number of halogens is 1. The van der Waals surface area contributed by atoms with Crippen molar-refractivity contribution in [2.75, 3.05) is 30.4 Å². The van der Waals surface area contributed by atoms with Gasteiger partial charge in [0.15, 0.2) is 0 Å². The average Bonchev–Trinajstić information content (AvgIpc) is 3.09. The van der Waals surface area contributed by atoms with E-state index < -0.39 is 0 Å². The molecule has 1 aliphatic rings. The van der Waals surface area contributed by atoms with Gasteiger partial charge in [0.25, 0.3) is 0 Å². The SMILES string of the molecule is COc1cc(NC(=O)NCCc2ccc(F)cc2)ccc1N1CCCC1=O. The Balaban J connectivity index is 1.55. The highest BCUT2D eigenvalue weighted by Gasteiger charge is 2.24. The molecule has 1 heterocycles. The summed E-state index contributed by atoms with van der Waals surface area (Å²) in [6.45, 7) is 1.10. The van der Waals surface area contributed by atoms with Crippen LogP contribution in [0.25, 0.3) is 0 Å². The number of hydrogen-bond donors (Lipinski definition) is 2. The van der Waals surface area contributed by atoms with Crippen LogP contribution in [0.2, 0.25) is 0 Å². The molecule has 2 aromatic rings. The molecule has 2 aromatic carbocycles. The van der Waals surface area contributed by atoms with Crippen molar-refractivity contribution in [3.05, 3.63) is 53.8 Å². The molecule has 0 saturated carbocycles. The standard InChI is InChI=1S/C20H22FN3O3/c1-27-18-13-16(8-9-17(18)24-12-2-3-19(24)25)23-20(26)22-11-10-14-4-6-15(21)7-5-14/h4-9,13H,2-3,10-12H2,1H3,(H2,22,23,26). The monoisotopic (exact) mass is 371 g/mol. The highest BCUT2D eigenvalue weighted by Crippen LogP contribution is 2.33. The first kappa shape index (κ1) is 18.7. The number of amides is 3. The predicted octanol–water partition coefficient (Wildman–Crippen LogP) is 3.33. The van der Waals surface area contributed by atoms with Crippen LogP contribution in [-0.4, -0.2) is 32.1 Å². The molecule has 0 radical (unpaired) electrons. The van der Waals surface area contributed by atoms with E-state index in [0.717, 1.165) is 12.0 Å². The average molecular weight is 371 g/mol. The third kappa shape index (κ3) is 4.75. The quantitative estimate of drug-likeness (QED) is 0.818. The lowest BCUT2D eigenvalue weighted by Gasteiger charge is -2.19. The maximum Gasteiger partial charge on any atom is 0.319 e. The number of urea groups is 1. The molecular weight excluding hydrogens is 349 g/mol. The number of rotatable bonds is 6. The van der Waals surface area contributed by atoms with Crippen molar-refractivity contribution in [3.8, 4) is 5.75 Å². The van der Waals surface area contributed by atoms with Gasteiger partial charge in [-0.15, -0.1) is 0 Å². The van der Waals surface area contributed by atoms with E-state index in [4.69, 9.17) is 4.74 Å².